The number of nitrogens with one attached hydrogen (secondary N) is 1. The van der Waals surface area contributed by atoms with Crippen LogP contribution in [-0.2, 0) is 4.79 Å². The zero-order valence-corrected chi connectivity index (χ0v) is 4.00. The van der Waals surface area contributed by atoms with E-state index in [0.717, 1.165) is 0 Å². The summed E-state index contributed by atoms with van der Waals surface area (Å²) in [5.74, 6) is 0. The summed E-state index contributed by atoms with van der Waals surface area (Å²) >= 11 is 0. The quantitative estimate of drug-likeness (QED) is 0.545. The predicted octanol–water partition coefficient (Wildman–Crippen LogP) is -0.0551. The van der Waals surface area contributed by atoms with E-state index >= 15 is 0 Å². The van der Waals surface area contributed by atoms with Gasteiger partial charge in [0.2, 0.25) is 0 Å². The van der Waals surface area contributed by atoms with Gasteiger partial charge in [-0.25, -0.2) is 4.98 Å². The van der Waals surface area contributed by atoms with Crippen LogP contribution in [0.2, 0.25) is 0 Å². The fourth-order valence-electron chi connectivity index (χ4n) is 0.361. The highest BCUT2D eigenvalue weighted by atomic mass is 16.5. The van der Waals surface area contributed by atoms with Crippen molar-refractivity contribution in [2.24, 2.45) is 0 Å². The van der Waals surface area contributed by atoms with Gasteiger partial charge in [0.15, 0.2) is 0 Å². The number of ether oxygens (including phenoxy) is 1. The lowest BCUT2D eigenvalue weighted by molar-refractivity contribution is -0.121. The largest absolute Gasteiger partial charge is 0.395 e. The second kappa shape index (κ2) is 2.11. The molecule has 1 heterocycles. The van der Waals surface area contributed by atoms with Gasteiger partial charge in [-0.05, 0) is 0 Å². The molecule has 0 atom stereocenters. The molecule has 1 rings (SSSR count). The average molecular weight is 112 g/mol. The standard InChI is InChI=1S/C4H4N2O2/c7-3-8-4-5-1-2-6-4/h1-3H,(H,5,6). The molecule has 0 aliphatic carbocycles. The third-order valence-electron chi connectivity index (χ3n) is 0.633. The van der Waals surface area contributed by atoms with Crippen LogP contribution in [0.3, 0.4) is 0 Å². The molecule has 0 saturated heterocycles. The number of imidazole rings is 1. The first kappa shape index (κ1) is 4.83. The van der Waals surface area contributed by atoms with E-state index in [1.165, 1.54) is 6.20 Å². The Hall–Kier alpha value is -1.32. The van der Waals surface area contributed by atoms with Crippen LogP contribution in [0.15, 0.2) is 12.4 Å². The SMILES string of the molecule is O=COc1ncc[nH]1. The molecule has 8 heavy (non-hydrogen) atoms. The summed E-state index contributed by atoms with van der Waals surface area (Å²) in [6.07, 6.45) is 3.07. The second-order valence-electron chi connectivity index (χ2n) is 1.11. The van der Waals surface area contributed by atoms with Crippen LogP contribution in [0.25, 0.3) is 0 Å². The van der Waals surface area contributed by atoms with Crippen molar-refractivity contribution < 1.29 is 9.53 Å². The van der Waals surface area contributed by atoms with Crippen molar-refractivity contribution in [3.05, 3.63) is 12.4 Å². The van der Waals surface area contributed by atoms with Gasteiger partial charge in [0.1, 0.15) is 0 Å². The van der Waals surface area contributed by atoms with Gasteiger partial charge in [0, 0.05) is 12.4 Å². The molecule has 1 aromatic rings. The number of aromatic nitrogens is 2. The number of nitrogens with zero attached hydrogens (tertiary/aromatic N) is 1. The third kappa shape index (κ3) is 0.841. The van der Waals surface area contributed by atoms with E-state index in [1.54, 1.807) is 6.20 Å². The van der Waals surface area contributed by atoms with Gasteiger partial charge in [0.25, 0.3) is 0 Å². The van der Waals surface area contributed by atoms with Gasteiger partial charge in [-0.3, -0.25) is 4.79 Å². The summed E-state index contributed by atoms with van der Waals surface area (Å²) in [5.41, 5.74) is 0. The van der Waals surface area contributed by atoms with Gasteiger partial charge >= 0.3 is 12.5 Å². The lowest BCUT2D eigenvalue weighted by Gasteiger charge is -1.83. The first-order valence-electron chi connectivity index (χ1n) is 2.03. The molecule has 0 aliphatic rings. The summed E-state index contributed by atoms with van der Waals surface area (Å²) in [4.78, 5) is 15.8. The maximum atomic E-state index is 9.59. The third-order valence-corrected chi connectivity index (χ3v) is 0.633. The topological polar surface area (TPSA) is 55.0 Å². The van der Waals surface area contributed by atoms with E-state index in [-0.39, 0.29) is 6.01 Å². The Balaban J connectivity index is 2.62. The van der Waals surface area contributed by atoms with Crippen LogP contribution >= 0.6 is 0 Å². The molecule has 0 spiro atoms. The number of aromatic amines is 1. The summed E-state index contributed by atoms with van der Waals surface area (Å²) in [7, 11) is 0. The Bertz CT molecular complexity index is 159. The number of carbonyl (C=O) groups is 1. The lowest BCUT2D eigenvalue weighted by atomic mass is 11.0. The zero-order valence-electron chi connectivity index (χ0n) is 4.00. The summed E-state index contributed by atoms with van der Waals surface area (Å²) in [6.45, 7) is 0.318. The van der Waals surface area contributed by atoms with Gasteiger partial charge in [0.05, 0.1) is 0 Å². The molecule has 42 valence electrons. The van der Waals surface area contributed by atoms with E-state index in [2.05, 4.69) is 14.7 Å². The van der Waals surface area contributed by atoms with Crippen molar-refractivity contribution >= 4 is 6.47 Å². The molecule has 1 N–H and O–H groups in total. The minimum absolute atomic E-state index is 0.222. The molecule has 0 amide bonds. The molecule has 4 nitrogen and oxygen atoms in total. The van der Waals surface area contributed by atoms with E-state index in [9.17, 15) is 4.79 Å². The minimum atomic E-state index is 0.222. The molecule has 1 aromatic heterocycles. The molecule has 0 saturated carbocycles. The van der Waals surface area contributed by atoms with E-state index in [4.69, 9.17) is 0 Å². The molecule has 4 heteroatoms. The summed E-state index contributed by atoms with van der Waals surface area (Å²) < 4.78 is 4.30. The first-order valence-corrected chi connectivity index (χ1v) is 2.03. The van der Waals surface area contributed by atoms with Crippen LogP contribution in [0.5, 0.6) is 6.01 Å². The lowest BCUT2D eigenvalue weighted by Crippen LogP contribution is -1.88. The van der Waals surface area contributed by atoms with Crippen molar-refractivity contribution in [1.82, 2.24) is 9.97 Å². The Morgan fingerprint density at radius 2 is 2.75 bits per heavy atom. The molecule has 0 bridgehead atoms. The summed E-state index contributed by atoms with van der Waals surface area (Å²) in [5, 5.41) is 0. The second-order valence-corrected chi connectivity index (χ2v) is 1.11. The monoisotopic (exact) mass is 112 g/mol. The van der Waals surface area contributed by atoms with Crippen molar-refractivity contribution in [2.45, 2.75) is 0 Å². The number of hydrogen-bond donors (Lipinski definition) is 1. The zero-order chi connectivity index (χ0) is 5.82. The predicted molar refractivity (Wildman–Crippen MR) is 25.3 cm³/mol. The van der Waals surface area contributed by atoms with Crippen molar-refractivity contribution in [2.75, 3.05) is 0 Å². The number of hydrogen-bond acceptors (Lipinski definition) is 3. The smallest absolute Gasteiger partial charge is 0.301 e. The van der Waals surface area contributed by atoms with Crippen molar-refractivity contribution in [3.8, 4) is 6.01 Å². The van der Waals surface area contributed by atoms with Gasteiger partial charge < -0.3 is 9.72 Å². The molecule has 0 fully saturated rings. The number of carbonyl (C=O) groups excluding carboxylic acids is 1. The Labute approximate surface area is 45.5 Å². The van der Waals surface area contributed by atoms with E-state index in [1.807, 2.05) is 0 Å². The minimum Gasteiger partial charge on any atom is -0.395 e. The highest BCUT2D eigenvalue weighted by Gasteiger charge is 1.87. The molecule has 0 radical (unpaired) electrons. The van der Waals surface area contributed by atoms with Crippen LogP contribution in [0.1, 0.15) is 0 Å². The number of H-pyrrole nitrogens is 1. The van der Waals surface area contributed by atoms with E-state index in [0.29, 0.717) is 6.47 Å². The normalized spacial score (nSPS) is 8.50. The molecular formula is C4H4N2O2. The fourth-order valence-corrected chi connectivity index (χ4v) is 0.361. The van der Waals surface area contributed by atoms with Gasteiger partial charge in [-0.15, -0.1) is 0 Å². The highest BCUT2D eigenvalue weighted by molar-refractivity contribution is 5.41. The van der Waals surface area contributed by atoms with Gasteiger partial charge in [-0.2, -0.15) is 0 Å². The number of rotatable bonds is 2. The van der Waals surface area contributed by atoms with Crippen LogP contribution in [0.4, 0.5) is 0 Å². The van der Waals surface area contributed by atoms with Crippen LogP contribution < -0.4 is 4.74 Å². The Kier molecular flexibility index (Phi) is 1.27. The van der Waals surface area contributed by atoms with Crippen LogP contribution in [0, 0.1) is 0 Å². The summed E-state index contributed by atoms with van der Waals surface area (Å²) in [6, 6.07) is 0.222. The van der Waals surface area contributed by atoms with Gasteiger partial charge in [-0.1, -0.05) is 0 Å². The molecular weight excluding hydrogens is 108 g/mol. The maximum Gasteiger partial charge on any atom is 0.301 e. The van der Waals surface area contributed by atoms with Crippen LogP contribution in [-0.4, -0.2) is 16.4 Å². The van der Waals surface area contributed by atoms with Crippen molar-refractivity contribution in [3.63, 3.8) is 0 Å². The molecule has 0 unspecified atom stereocenters. The Morgan fingerprint density at radius 3 is 3.25 bits per heavy atom. The van der Waals surface area contributed by atoms with E-state index < -0.39 is 0 Å². The fraction of sp³-hybridized carbons (Fsp3) is 0. The molecule has 0 aliphatic heterocycles. The maximum absolute atomic E-state index is 9.59. The highest BCUT2D eigenvalue weighted by Crippen LogP contribution is 1.94. The first-order chi connectivity index (χ1) is 3.93. The van der Waals surface area contributed by atoms with Crippen molar-refractivity contribution in [1.29, 1.82) is 0 Å². The average Bonchev–Trinajstić information content (AvgIpc) is 2.19. The molecule has 0 aromatic carbocycles. The Morgan fingerprint density at radius 1 is 1.88 bits per heavy atom.